The van der Waals surface area contributed by atoms with E-state index in [4.69, 9.17) is 5.11 Å². The molecular weight excluding hydrogens is 234 g/mol. The van der Waals surface area contributed by atoms with Crippen LogP contribution < -0.4 is 0 Å². The van der Waals surface area contributed by atoms with Crippen molar-refractivity contribution in [3.63, 3.8) is 0 Å². The smallest absolute Gasteiger partial charge is 0.310 e. The fraction of sp³-hybridized carbons (Fsp3) is 0.333. The molecule has 1 N–H and O–H groups in total. The molecule has 0 radical (unpaired) electrons. The molecule has 0 aliphatic carbocycles. The highest BCUT2D eigenvalue weighted by atomic mass is 79.9. The molecule has 70 valence electrons. The third kappa shape index (κ3) is 2.28. The van der Waals surface area contributed by atoms with Gasteiger partial charge in [-0.1, -0.05) is 6.07 Å². The number of hydrogen-bond acceptors (Lipinski definition) is 2. The summed E-state index contributed by atoms with van der Waals surface area (Å²) in [7, 11) is 0. The summed E-state index contributed by atoms with van der Waals surface area (Å²) in [6.07, 6.45) is 0. The number of pyridine rings is 1. The van der Waals surface area contributed by atoms with E-state index in [2.05, 4.69) is 20.9 Å². The summed E-state index contributed by atoms with van der Waals surface area (Å²) in [5, 5.41) is 8.78. The van der Waals surface area contributed by atoms with Gasteiger partial charge in [0, 0.05) is 5.69 Å². The van der Waals surface area contributed by atoms with Crippen molar-refractivity contribution in [1.82, 2.24) is 4.98 Å². The lowest BCUT2D eigenvalue weighted by atomic mass is 10.0. The van der Waals surface area contributed by atoms with Gasteiger partial charge >= 0.3 is 5.97 Å². The first-order chi connectivity index (χ1) is 6.02. The number of nitrogens with zero attached hydrogens (tertiary/aromatic N) is 1. The summed E-state index contributed by atoms with van der Waals surface area (Å²) >= 11 is 3.24. The highest BCUT2D eigenvalue weighted by Crippen LogP contribution is 2.23. The Morgan fingerprint density at radius 2 is 2.23 bits per heavy atom. The molecule has 1 rings (SSSR count). The van der Waals surface area contributed by atoms with E-state index >= 15 is 0 Å². The average Bonchev–Trinajstić information content (AvgIpc) is 2.03. The molecule has 0 bridgehead atoms. The third-order valence-corrected chi connectivity index (χ3v) is 2.49. The van der Waals surface area contributed by atoms with Gasteiger partial charge in [-0.15, -0.1) is 0 Å². The zero-order valence-electron chi connectivity index (χ0n) is 7.41. The zero-order valence-corrected chi connectivity index (χ0v) is 9.00. The van der Waals surface area contributed by atoms with Crippen LogP contribution in [0.5, 0.6) is 0 Å². The minimum atomic E-state index is -0.841. The van der Waals surface area contributed by atoms with E-state index < -0.39 is 11.9 Å². The summed E-state index contributed by atoms with van der Waals surface area (Å²) in [6, 6.07) is 3.59. The lowest BCUT2D eigenvalue weighted by Gasteiger charge is -2.08. The molecule has 3 nitrogen and oxygen atoms in total. The van der Waals surface area contributed by atoms with E-state index in [1.54, 1.807) is 19.1 Å². The maximum Gasteiger partial charge on any atom is 0.310 e. The Labute approximate surface area is 84.9 Å². The van der Waals surface area contributed by atoms with Crippen LogP contribution in [0.15, 0.2) is 16.7 Å². The van der Waals surface area contributed by atoms with Gasteiger partial charge in [0.1, 0.15) is 4.60 Å². The third-order valence-electron chi connectivity index (χ3n) is 1.85. The molecule has 0 fully saturated rings. The van der Waals surface area contributed by atoms with E-state index in [9.17, 15) is 4.79 Å². The van der Waals surface area contributed by atoms with Crippen molar-refractivity contribution < 1.29 is 9.90 Å². The first-order valence-electron chi connectivity index (χ1n) is 3.88. The van der Waals surface area contributed by atoms with Crippen LogP contribution in [0, 0.1) is 6.92 Å². The molecule has 1 aromatic rings. The van der Waals surface area contributed by atoms with Crippen LogP contribution in [0.1, 0.15) is 24.1 Å². The number of carboxylic acid groups (broad SMARTS) is 1. The standard InChI is InChI=1S/C9H10BrNO2/c1-5-3-4-7(8(10)11-5)6(2)9(12)13/h3-4,6H,1-2H3,(H,12,13). The van der Waals surface area contributed by atoms with Crippen LogP contribution in [0.25, 0.3) is 0 Å². The molecule has 4 heteroatoms. The number of aliphatic carboxylic acids is 1. The fourth-order valence-corrected chi connectivity index (χ4v) is 1.75. The fourth-order valence-electron chi connectivity index (χ4n) is 0.992. The van der Waals surface area contributed by atoms with Crippen molar-refractivity contribution in [2.75, 3.05) is 0 Å². The van der Waals surface area contributed by atoms with Crippen LogP contribution in [-0.4, -0.2) is 16.1 Å². The summed E-state index contributed by atoms with van der Waals surface area (Å²) < 4.78 is 0.613. The van der Waals surface area contributed by atoms with Gasteiger partial charge in [0.25, 0.3) is 0 Å². The lowest BCUT2D eigenvalue weighted by Crippen LogP contribution is -2.08. The maximum atomic E-state index is 10.7. The van der Waals surface area contributed by atoms with Crippen LogP contribution in [0.3, 0.4) is 0 Å². The molecule has 0 aliphatic heterocycles. The van der Waals surface area contributed by atoms with Gasteiger partial charge in [-0.05, 0) is 41.4 Å². The largest absolute Gasteiger partial charge is 0.481 e. The number of halogens is 1. The Morgan fingerprint density at radius 3 is 2.69 bits per heavy atom. The molecule has 0 aliphatic rings. The molecule has 1 unspecified atom stereocenters. The van der Waals surface area contributed by atoms with Gasteiger partial charge in [0.05, 0.1) is 5.92 Å². The molecular formula is C9H10BrNO2. The predicted molar refractivity (Wildman–Crippen MR) is 52.7 cm³/mol. The average molecular weight is 244 g/mol. The van der Waals surface area contributed by atoms with E-state index in [1.807, 2.05) is 6.92 Å². The minimum Gasteiger partial charge on any atom is -0.481 e. The number of aromatic nitrogens is 1. The molecule has 1 heterocycles. The van der Waals surface area contributed by atoms with E-state index in [-0.39, 0.29) is 0 Å². The Morgan fingerprint density at radius 1 is 1.62 bits per heavy atom. The van der Waals surface area contributed by atoms with Crippen LogP contribution in [0.4, 0.5) is 0 Å². The first-order valence-corrected chi connectivity index (χ1v) is 4.67. The maximum absolute atomic E-state index is 10.7. The van der Waals surface area contributed by atoms with Crippen LogP contribution in [0.2, 0.25) is 0 Å². The quantitative estimate of drug-likeness (QED) is 0.812. The first kappa shape index (κ1) is 10.2. The molecule has 0 amide bonds. The summed E-state index contributed by atoms with van der Waals surface area (Å²) in [4.78, 5) is 14.8. The summed E-state index contributed by atoms with van der Waals surface area (Å²) in [5.41, 5.74) is 1.58. The van der Waals surface area contributed by atoms with Crippen molar-refractivity contribution in [3.8, 4) is 0 Å². The Hall–Kier alpha value is -0.900. The molecule has 0 saturated carbocycles. The molecule has 1 atom stereocenters. The second-order valence-corrected chi connectivity index (χ2v) is 3.64. The second-order valence-electron chi connectivity index (χ2n) is 2.89. The van der Waals surface area contributed by atoms with E-state index in [0.29, 0.717) is 10.2 Å². The second kappa shape index (κ2) is 3.87. The Kier molecular flexibility index (Phi) is 3.03. The molecule has 0 aromatic carbocycles. The van der Waals surface area contributed by atoms with E-state index in [0.717, 1.165) is 5.69 Å². The highest BCUT2D eigenvalue weighted by Gasteiger charge is 2.16. The van der Waals surface area contributed by atoms with Crippen molar-refractivity contribution in [1.29, 1.82) is 0 Å². The minimum absolute atomic E-state index is 0.525. The highest BCUT2D eigenvalue weighted by molar-refractivity contribution is 9.10. The summed E-state index contributed by atoms with van der Waals surface area (Å²) in [5.74, 6) is -1.37. The topological polar surface area (TPSA) is 50.2 Å². The van der Waals surface area contributed by atoms with Gasteiger partial charge < -0.3 is 5.11 Å². The molecule has 13 heavy (non-hydrogen) atoms. The van der Waals surface area contributed by atoms with E-state index in [1.165, 1.54) is 0 Å². The van der Waals surface area contributed by atoms with Gasteiger partial charge in [0.2, 0.25) is 0 Å². The zero-order chi connectivity index (χ0) is 10.0. The predicted octanol–water partition coefficient (Wildman–Crippen LogP) is 2.34. The lowest BCUT2D eigenvalue weighted by molar-refractivity contribution is -0.138. The van der Waals surface area contributed by atoms with Gasteiger partial charge in [-0.25, -0.2) is 4.98 Å². The SMILES string of the molecule is Cc1ccc(C(C)C(=O)O)c(Br)n1. The number of carbonyl (C=O) groups is 1. The van der Waals surface area contributed by atoms with Crippen molar-refractivity contribution in [2.45, 2.75) is 19.8 Å². The monoisotopic (exact) mass is 243 g/mol. The number of carboxylic acids is 1. The molecule has 0 spiro atoms. The number of hydrogen-bond donors (Lipinski definition) is 1. The van der Waals surface area contributed by atoms with Crippen molar-refractivity contribution in [3.05, 3.63) is 28.0 Å². The molecule has 1 aromatic heterocycles. The number of rotatable bonds is 2. The summed E-state index contributed by atoms with van der Waals surface area (Å²) in [6.45, 7) is 3.50. The van der Waals surface area contributed by atoms with Crippen molar-refractivity contribution in [2.24, 2.45) is 0 Å². The van der Waals surface area contributed by atoms with Crippen LogP contribution in [-0.2, 0) is 4.79 Å². The van der Waals surface area contributed by atoms with Crippen LogP contribution >= 0.6 is 15.9 Å². The molecule has 0 saturated heterocycles. The Balaban J connectivity index is 3.08. The van der Waals surface area contributed by atoms with Gasteiger partial charge in [0.15, 0.2) is 0 Å². The normalized spacial score (nSPS) is 12.5. The number of aryl methyl sites for hydroxylation is 1. The Bertz CT molecular complexity index is 338. The van der Waals surface area contributed by atoms with Crippen molar-refractivity contribution >= 4 is 21.9 Å². The van der Waals surface area contributed by atoms with Gasteiger partial charge in [-0.3, -0.25) is 4.79 Å². The van der Waals surface area contributed by atoms with Gasteiger partial charge in [-0.2, -0.15) is 0 Å².